The smallest absolute Gasteiger partial charge is 0.151 e. The molecular weight excluding hydrogens is 338 g/mol. The van der Waals surface area contributed by atoms with Gasteiger partial charge in [-0.1, -0.05) is 23.8 Å². The molecule has 1 saturated heterocycles. The maximum absolute atomic E-state index is 6.33. The van der Waals surface area contributed by atoms with Crippen molar-refractivity contribution in [3.63, 3.8) is 0 Å². The second-order valence-corrected chi connectivity index (χ2v) is 7.69. The molecule has 2 aliphatic rings. The maximum atomic E-state index is 6.33. The van der Waals surface area contributed by atoms with Crippen molar-refractivity contribution in [3.05, 3.63) is 59.7 Å². The fourth-order valence-corrected chi connectivity index (χ4v) is 4.14. The molecule has 3 aromatic rings. The van der Waals surface area contributed by atoms with Crippen LogP contribution in [0, 0.1) is 13.8 Å². The van der Waals surface area contributed by atoms with Gasteiger partial charge in [0.1, 0.15) is 18.0 Å². The summed E-state index contributed by atoms with van der Waals surface area (Å²) in [5, 5.41) is 8.55. The van der Waals surface area contributed by atoms with Crippen molar-refractivity contribution >= 4 is 5.82 Å². The van der Waals surface area contributed by atoms with Crippen LogP contribution in [0.5, 0.6) is 0 Å². The molecule has 6 nitrogen and oxygen atoms in total. The number of rotatable bonds is 2. The summed E-state index contributed by atoms with van der Waals surface area (Å²) >= 11 is 0. The third kappa shape index (κ3) is 2.90. The lowest BCUT2D eigenvalue weighted by atomic mass is 10.0. The third-order valence-electron chi connectivity index (χ3n) is 5.63. The first-order valence-corrected chi connectivity index (χ1v) is 9.43. The topological polar surface area (TPSA) is 56.1 Å². The van der Waals surface area contributed by atoms with E-state index < -0.39 is 0 Å². The summed E-state index contributed by atoms with van der Waals surface area (Å²) in [5.41, 5.74) is 4.39. The van der Waals surface area contributed by atoms with Crippen LogP contribution in [0.2, 0.25) is 0 Å². The van der Waals surface area contributed by atoms with Gasteiger partial charge >= 0.3 is 0 Å². The number of benzene rings is 1. The lowest BCUT2D eigenvalue weighted by Crippen LogP contribution is -2.44. The Morgan fingerprint density at radius 3 is 2.81 bits per heavy atom. The first kappa shape index (κ1) is 16.4. The Balaban J connectivity index is 1.43. The van der Waals surface area contributed by atoms with Crippen LogP contribution in [0.1, 0.15) is 23.5 Å². The van der Waals surface area contributed by atoms with Gasteiger partial charge in [-0.15, -0.1) is 5.10 Å². The molecule has 0 aliphatic carbocycles. The standard InChI is InChI=1S/C21H23N5O/c1-15-4-3-5-17(10-15)18-11-22-20-12-27-21(14-26(18)20)8-9-25(13-21)19-7-6-16(2)23-24-19/h3-7,10-11H,8-9,12-14H2,1-2H3. The minimum atomic E-state index is -0.196. The molecule has 5 rings (SSSR count). The minimum absolute atomic E-state index is 0.196. The zero-order valence-electron chi connectivity index (χ0n) is 15.7. The lowest BCUT2D eigenvalue weighted by molar-refractivity contribution is -0.0748. The summed E-state index contributed by atoms with van der Waals surface area (Å²) in [7, 11) is 0. The maximum Gasteiger partial charge on any atom is 0.151 e. The molecule has 2 aliphatic heterocycles. The first-order chi connectivity index (χ1) is 13.1. The predicted octanol–water partition coefficient (Wildman–Crippen LogP) is 3.14. The van der Waals surface area contributed by atoms with Crippen LogP contribution < -0.4 is 4.90 Å². The average Bonchev–Trinajstić information content (AvgIpc) is 3.27. The van der Waals surface area contributed by atoms with Crippen LogP contribution in [-0.2, 0) is 17.9 Å². The van der Waals surface area contributed by atoms with Gasteiger partial charge in [-0.2, -0.15) is 5.10 Å². The summed E-state index contributed by atoms with van der Waals surface area (Å²) in [6.45, 7) is 7.22. The number of fused-ring (bicyclic) bond motifs is 1. The van der Waals surface area contributed by atoms with Crippen molar-refractivity contribution in [3.8, 4) is 11.3 Å². The van der Waals surface area contributed by atoms with E-state index in [1.165, 1.54) is 16.8 Å². The van der Waals surface area contributed by atoms with Crippen LogP contribution in [0.3, 0.4) is 0 Å². The number of hydrogen-bond donors (Lipinski definition) is 0. The van der Waals surface area contributed by atoms with E-state index in [9.17, 15) is 0 Å². The molecule has 0 saturated carbocycles. The Labute approximate surface area is 158 Å². The monoisotopic (exact) mass is 361 g/mol. The van der Waals surface area contributed by atoms with E-state index in [0.717, 1.165) is 43.4 Å². The van der Waals surface area contributed by atoms with E-state index in [0.29, 0.717) is 6.61 Å². The number of anilines is 1. The van der Waals surface area contributed by atoms with E-state index in [4.69, 9.17) is 4.74 Å². The highest BCUT2D eigenvalue weighted by Gasteiger charge is 2.43. The van der Waals surface area contributed by atoms with Crippen molar-refractivity contribution in [1.29, 1.82) is 0 Å². The van der Waals surface area contributed by atoms with E-state index in [1.807, 2.05) is 25.3 Å². The van der Waals surface area contributed by atoms with Crippen molar-refractivity contribution < 1.29 is 4.74 Å². The average molecular weight is 361 g/mol. The number of nitrogens with zero attached hydrogens (tertiary/aromatic N) is 5. The Hall–Kier alpha value is -2.73. The summed E-state index contributed by atoms with van der Waals surface area (Å²) in [6, 6.07) is 12.7. The van der Waals surface area contributed by atoms with Crippen LogP contribution in [0.15, 0.2) is 42.6 Å². The van der Waals surface area contributed by atoms with Crippen LogP contribution >= 0.6 is 0 Å². The molecule has 0 radical (unpaired) electrons. The molecule has 138 valence electrons. The van der Waals surface area contributed by atoms with Crippen molar-refractivity contribution in [2.75, 3.05) is 18.0 Å². The molecule has 0 N–H and O–H groups in total. The van der Waals surface area contributed by atoms with Crippen molar-refractivity contribution in [2.24, 2.45) is 0 Å². The van der Waals surface area contributed by atoms with Gasteiger partial charge in [0.15, 0.2) is 5.82 Å². The highest BCUT2D eigenvalue weighted by atomic mass is 16.5. The molecule has 1 fully saturated rings. The Morgan fingerprint density at radius 2 is 2.00 bits per heavy atom. The molecule has 27 heavy (non-hydrogen) atoms. The number of aromatic nitrogens is 4. The molecule has 1 aromatic carbocycles. The second-order valence-electron chi connectivity index (χ2n) is 7.69. The van der Waals surface area contributed by atoms with Gasteiger partial charge < -0.3 is 14.2 Å². The van der Waals surface area contributed by atoms with Gasteiger partial charge in [-0.05, 0) is 38.5 Å². The largest absolute Gasteiger partial charge is 0.363 e. The minimum Gasteiger partial charge on any atom is -0.363 e. The first-order valence-electron chi connectivity index (χ1n) is 9.43. The van der Waals surface area contributed by atoms with Crippen LogP contribution in [0.25, 0.3) is 11.3 Å². The number of imidazole rings is 1. The van der Waals surface area contributed by atoms with Crippen LogP contribution in [0.4, 0.5) is 5.82 Å². The second kappa shape index (κ2) is 6.16. The van der Waals surface area contributed by atoms with E-state index in [2.05, 4.69) is 55.8 Å². The van der Waals surface area contributed by atoms with Gasteiger partial charge in [-0.25, -0.2) is 4.98 Å². The fourth-order valence-electron chi connectivity index (χ4n) is 4.14. The van der Waals surface area contributed by atoms with E-state index >= 15 is 0 Å². The lowest BCUT2D eigenvalue weighted by Gasteiger charge is -2.35. The molecule has 1 unspecified atom stereocenters. The Kier molecular flexibility index (Phi) is 3.75. The van der Waals surface area contributed by atoms with Crippen LogP contribution in [-0.4, -0.2) is 38.4 Å². The molecule has 0 amide bonds. The molecular formula is C21H23N5O. The van der Waals surface area contributed by atoms with Gasteiger partial charge in [0.2, 0.25) is 0 Å². The quantitative estimate of drug-likeness (QED) is 0.702. The van der Waals surface area contributed by atoms with Gasteiger partial charge in [-0.3, -0.25) is 0 Å². The van der Waals surface area contributed by atoms with Crippen molar-refractivity contribution in [2.45, 2.75) is 39.0 Å². The fraction of sp³-hybridized carbons (Fsp3) is 0.381. The zero-order valence-corrected chi connectivity index (χ0v) is 15.7. The molecule has 6 heteroatoms. The van der Waals surface area contributed by atoms with Gasteiger partial charge in [0, 0.05) is 12.1 Å². The molecule has 4 heterocycles. The van der Waals surface area contributed by atoms with E-state index in [-0.39, 0.29) is 5.60 Å². The SMILES string of the molecule is Cc1cccc(-c2cnc3n2CC2(CCN(c4ccc(C)nn4)C2)OC3)c1. The molecule has 2 aromatic heterocycles. The summed E-state index contributed by atoms with van der Waals surface area (Å²) in [4.78, 5) is 6.88. The Bertz CT molecular complexity index is 980. The number of aryl methyl sites for hydroxylation is 2. The third-order valence-corrected chi connectivity index (χ3v) is 5.63. The Morgan fingerprint density at radius 1 is 1.07 bits per heavy atom. The highest BCUT2D eigenvalue weighted by molar-refractivity contribution is 5.60. The number of ether oxygens (including phenoxy) is 1. The molecule has 1 atom stereocenters. The zero-order chi connectivity index (χ0) is 18.4. The summed E-state index contributed by atoms with van der Waals surface area (Å²) in [6.07, 6.45) is 2.96. The van der Waals surface area contributed by atoms with Gasteiger partial charge in [0.25, 0.3) is 0 Å². The van der Waals surface area contributed by atoms with E-state index in [1.54, 1.807) is 0 Å². The highest BCUT2D eigenvalue weighted by Crippen LogP contribution is 2.36. The normalized spacial score (nSPS) is 21.6. The van der Waals surface area contributed by atoms with Gasteiger partial charge in [0.05, 0.1) is 30.7 Å². The molecule has 0 bridgehead atoms. The predicted molar refractivity (Wildman–Crippen MR) is 104 cm³/mol. The number of hydrogen-bond acceptors (Lipinski definition) is 5. The van der Waals surface area contributed by atoms with Crippen molar-refractivity contribution in [1.82, 2.24) is 19.7 Å². The summed E-state index contributed by atoms with van der Waals surface area (Å²) < 4.78 is 8.66. The summed E-state index contributed by atoms with van der Waals surface area (Å²) in [5.74, 6) is 1.93. The molecule has 1 spiro atoms.